The van der Waals surface area contributed by atoms with Crippen LogP contribution in [0.2, 0.25) is 0 Å². The van der Waals surface area contributed by atoms with Crippen molar-refractivity contribution < 1.29 is 13.2 Å². The van der Waals surface area contributed by atoms with Gasteiger partial charge in [-0.25, -0.2) is 17.7 Å². The Kier molecular flexibility index (Phi) is 5.89. The number of hydrogen-bond acceptors (Lipinski definition) is 4. The second kappa shape index (κ2) is 8.33. The van der Waals surface area contributed by atoms with Gasteiger partial charge in [0, 0.05) is 36.5 Å². The van der Waals surface area contributed by atoms with Gasteiger partial charge in [0.1, 0.15) is 5.69 Å². The first-order chi connectivity index (χ1) is 12.9. The van der Waals surface area contributed by atoms with E-state index in [9.17, 15) is 13.2 Å². The van der Waals surface area contributed by atoms with Crippen LogP contribution >= 0.6 is 0 Å². The van der Waals surface area contributed by atoms with Crippen LogP contribution in [0.5, 0.6) is 0 Å². The Morgan fingerprint density at radius 1 is 1.15 bits per heavy atom. The van der Waals surface area contributed by atoms with Crippen molar-refractivity contribution in [3.8, 4) is 11.8 Å². The van der Waals surface area contributed by atoms with Crippen molar-refractivity contribution in [2.24, 2.45) is 5.92 Å². The molecule has 3 rings (SSSR count). The molecule has 1 fully saturated rings. The number of anilines is 1. The van der Waals surface area contributed by atoms with Crippen molar-refractivity contribution in [1.29, 1.82) is 0 Å². The molecular formula is C20H21N3O3S. The van der Waals surface area contributed by atoms with Gasteiger partial charge in [-0.3, -0.25) is 4.79 Å². The smallest absolute Gasteiger partial charge is 0.227 e. The fourth-order valence-corrected chi connectivity index (χ4v) is 3.82. The van der Waals surface area contributed by atoms with Gasteiger partial charge in [-0.05, 0) is 49.1 Å². The molecule has 1 amide bonds. The molecule has 6 nitrogen and oxygen atoms in total. The SMILES string of the molecule is CS(=O)(=O)N1CCC(C(=O)Nc2cccc(C#Cc3ccccn3)c2)CC1. The summed E-state index contributed by atoms with van der Waals surface area (Å²) in [5.74, 6) is 5.75. The summed E-state index contributed by atoms with van der Waals surface area (Å²) in [6.45, 7) is 0.763. The molecule has 0 aliphatic carbocycles. The molecule has 1 aliphatic heterocycles. The molecule has 1 aromatic heterocycles. The number of nitrogens with one attached hydrogen (secondary N) is 1. The first-order valence-corrected chi connectivity index (χ1v) is 10.6. The average Bonchev–Trinajstić information content (AvgIpc) is 2.67. The molecule has 0 spiro atoms. The third kappa shape index (κ3) is 5.39. The van der Waals surface area contributed by atoms with Crippen molar-refractivity contribution >= 4 is 21.6 Å². The molecule has 140 valence electrons. The van der Waals surface area contributed by atoms with Crippen molar-refractivity contribution in [2.45, 2.75) is 12.8 Å². The van der Waals surface area contributed by atoms with Crippen LogP contribution in [-0.4, -0.2) is 43.0 Å². The molecule has 0 saturated carbocycles. The molecule has 2 heterocycles. The van der Waals surface area contributed by atoms with Gasteiger partial charge >= 0.3 is 0 Å². The predicted octanol–water partition coefficient (Wildman–Crippen LogP) is 2.09. The second-order valence-corrected chi connectivity index (χ2v) is 8.45. The largest absolute Gasteiger partial charge is 0.326 e. The Morgan fingerprint density at radius 3 is 2.59 bits per heavy atom. The van der Waals surface area contributed by atoms with E-state index in [1.807, 2.05) is 42.5 Å². The first-order valence-electron chi connectivity index (χ1n) is 8.71. The van der Waals surface area contributed by atoms with Crippen molar-refractivity contribution in [2.75, 3.05) is 24.7 Å². The number of amides is 1. The molecule has 1 N–H and O–H groups in total. The lowest BCUT2D eigenvalue weighted by molar-refractivity contribution is -0.120. The summed E-state index contributed by atoms with van der Waals surface area (Å²) in [5.41, 5.74) is 2.15. The fourth-order valence-electron chi connectivity index (χ4n) is 2.94. The molecule has 1 saturated heterocycles. The predicted molar refractivity (Wildman–Crippen MR) is 104 cm³/mol. The normalized spacial score (nSPS) is 15.6. The van der Waals surface area contributed by atoms with E-state index in [1.54, 1.807) is 6.20 Å². The van der Waals surface area contributed by atoms with Crippen LogP contribution < -0.4 is 5.32 Å². The molecule has 0 radical (unpaired) electrons. The van der Waals surface area contributed by atoms with Gasteiger partial charge in [0.2, 0.25) is 15.9 Å². The number of pyridine rings is 1. The molecular weight excluding hydrogens is 362 g/mol. The summed E-state index contributed by atoms with van der Waals surface area (Å²) in [4.78, 5) is 16.6. The zero-order valence-electron chi connectivity index (χ0n) is 15.1. The maximum atomic E-state index is 12.5. The van der Waals surface area contributed by atoms with E-state index in [1.165, 1.54) is 10.6 Å². The summed E-state index contributed by atoms with van der Waals surface area (Å²) < 4.78 is 24.5. The number of hydrogen-bond donors (Lipinski definition) is 1. The second-order valence-electron chi connectivity index (χ2n) is 6.47. The van der Waals surface area contributed by atoms with Crippen molar-refractivity contribution in [1.82, 2.24) is 9.29 Å². The Hall–Kier alpha value is -2.69. The molecule has 0 bridgehead atoms. The number of aromatic nitrogens is 1. The quantitative estimate of drug-likeness (QED) is 0.823. The van der Waals surface area contributed by atoms with Crippen LogP contribution in [0.1, 0.15) is 24.1 Å². The van der Waals surface area contributed by atoms with E-state index in [2.05, 4.69) is 22.1 Å². The molecule has 27 heavy (non-hydrogen) atoms. The van der Waals surface area contributed by atoms with E-state index >= 15 is 0 Å². The van der Waals surface area contributed by atoms with E-state index in [0.29, 0.717) is 37.3 Å². The Labute approximate surface area is 159 Å². The van der Waals surface area contributed by atoms with E-state index in [4.69, 9.17) is 0 Å². The van der Waals surface area contributed by atoms with Gasteiger partial charge in [-0.1, -0.05) is 18.1 Å². The van der Waals surface area contributed by atoms with Crippen LogP contribution in [0, 0.1) is 17.8 Å². The minimum atomic E-state index is -3.19. The van der Waals surface area contributed by atoms with Crippen molar-refractivity contribution in [3.05, 3.63) is 59.9 Å². The highest BCUT2D eigenvalue weighted by atomic mass is 32.2. The minimum absolute atomic E-state index is 0.0852. The van der Waals surface area contributed by atoms with Crippen LogP contribution in [0.25, 0.3) is 0 Å². The lowest BCUT2D eigenvalue weighted by atomic mass is 9.97. The zero-order chi connectivity index (χ0) is 19.3. The lowest BCUT2D eigenvalue weighted by Crippen LogP contribution is -2.40. The summed E-state index contributed by atoms with van der Waals surface area (Å²) in [7, 11) is -3.19. The summed E-state index contributed by atoms with van der Waals surface area (Å²) in [5, 5.41) is 2.91. The number of carbonyl (C=O) groups excluding carboxylic acids is 1. The van der Waals surface area contributed by atoms with E-state index in [0.717, 1.165) is 5.56 Å². The number of nitrogens with zero attached hydrogens (tertiary/aromatic N) is 2. The monoisotopic (exact) mass is 383 g/mol. The number of sulfonamides is 1. The van der Waals surface area contributed by atoms with Gasteiger partial charge < -0.3 is 5.32 Å². The number of rotatable bonds is 3. The van der Waals surface area contributed by atoms with E-state index < -0.39 is 10.0 Å². The zero-order valence-corrected chi connectivity index (χ0v) is 15.9. The lowest BCUT2D eigenvalue weighted by Gasteiger charge is -2.29. The van der Waals surface area contributed by atoms with Crippen LogP contribution in [0.4, 0.5) is 5.69 Å². The van der Waals surface area contributed by atoms with Gasteiger partial charge in [0.15, 0.2) is 0 Å². The molecule has 0 atom stereocenters. The van der Waals surface area contributed by atoms with Crippen LogP contribution in [-0.2, 0) is 14.8 Å². The number of benzene rings is 1. The van der Waals surface area contributed by atoms with Gasteiger partial charge in [-0.2, -0.15) is 0 Å². The first kappa shape index (κ1) is 19.1. The van der Waals surface area contributed by atoms with Gasteiger partial charge in [0.05, 0.1) is 6.26 Å². The van der Waals surface area contributed by atoms with Crippen LogP contribution in [0.15, 0.2) is 48.7 Å². The highest BCUT2D eigenvalue weighted by Crippen LogP contribution is 2.21. The Balaban J connectivity index is 1.62. The fraction of sp³-hybridized carbons (Fsp3) is 0.300. The molecule has 2 aromatic rings. The third-order valence-corrected chi connectivity index (χ3v) is 5.73. The average molecular weight is 383 g/mol. The van der Waals surface area contributed by atoms with Gasteiger partial charge in [0.25, 0.3) is 0 Å². The maximum absolute atomic E-state index is 12.5. The van der Waals surface area contributed by atoms with Crippen molar-refractivity contribution in [3.63, 3.8) is 0 Å². The summed E-state index contributed by atoms with van der Waals surface area (Å²) in [6, 6.07) is 12.9. The van der Waals surface area contributed by atoms with Gasteiger partial charge in [-0.15, -0.1) is 0 Å². The Morgan fingerprint density at radius 2 is 1.93 bits per heavy atom. The molecule has 1 aliphatic rings. The minimum Gasteiger partial charge on any atom is -0.326 e. The molecule has 7 heteroatoms. The highest BCUT2D eigenvalue weighted by Gasteiger charge is 2.28. The standard InChI is InChI=1S/C20H21N3O3S/c1-27(25,26)23-13-10-17(11-14-23)20(24)22-19-7-4-5-16(15-19)8-9-18-6-2-3-12-21-18/h2-7,12,15,17H,10-11,13-14H2,1H3,(H,22,24). The van der Waals surface area contributed by atoms with Crippen LogP contribution in [0.3, 0.4) is 0 Å². The molecule has 1 aromatic carbocycles. The topological polar surface area (TPSA) is 79.4 Å². The summed E-state index contributed by atoms with van der Waals surface area (Å²) in [6.07, 6.45) is 3.94. The van der Waals surface area contributed by atoms with E-state index in [-0.39, 0.29) is 11.8 Å². The number of piperidine rings is 1. The summed E-state index contributed by atoms with van der Waals surface area (Å²) >= 11 is 0. The molecule has 0 unspecified atom stereocenters. The maximum Gasteiger partial charge on any atom is 0.227 e. The highest BCUT2D eigenvalue weighted by molar-refractivity contribution is 7.88. The third-order valence-electron chi connectivity index (χ3n) is 4.42. The Bertz CT molecular complexity index is 970. The number of carbonyl (C=O) groups is 1.